The lowest BCUT2D eigenvalue weighted by Gasteiger charge is -2.22. The molecule has 0 bridgehead atoms. The van der Waals surface area contributed by atoms with Gasteiger partial charge in [0.25, 0.3) is 0 Å². The molecule has 0 saturated heterocycles. The number of nitrogens with one attached hydrogen (secondary N) is 1. The predicted molar refractivity (Wildman–Crippen MR) is 68.6 cm³/mol. The van der Waals surface area contributed by atoms with Gasteiger partial charge in [-0.2, -0.15) is 0 Å². The van der Waals surface area contributed by atoms with Gasteiger partial charge in [-0.3, -0.25) is 9.59 Å². The Morgan fingerprint density at radius 2 is 2.06 bits per heavy atom. The van der Waals surface area contributed by atoms with Gasteiger partial charge in [0.2, 0.25) is 5.91 Å². The van der Waals surface area contributed by atoms with Crippen LogP contribution in [0.2, 0.25) is 0 Å². The van der Waals surface area contributed by atoms with E-state index < -0.39 is 0 Å². The first-order chi connectivity index (χ1) is 8.63. The smallest absolute Gasteiger partial charge is 0.308 e. The van der Waals surface area contributed by atoms with Crippen molar-refractivity contribution in [3.8, 4) is 12.3 Å². The highest BCUT2D eigenvalue weighted by atomic mass is 16.5. The Balaban J connectivity index is 2.26. The molecule has 1 amide bonds. The number of ether oxygens (including phenoxy) is 1. The third kappa shape index (κ3) is 5.22. The first kappa shape index (κ1) is 14.6. The second-order valence-electron chi connectivity index (χ2n) is 4.81. The van der Waals surface area contributed by atoms with E-state index in [1.807, 2.05) is 0 Å². The molecular formula is C14H21NO3. The SMILES string of the molecule is C#CCOC(=O)C[C@H](C)NC(=O)C1CCCCC1. The molecule has 1 N–H and O–H groups in total. The van der Waals surface area contributed by atoms with Gasteiger partial charge in [0.15, 0.2) is 6.61 Å². The topological polar surface area (TPSA) is 55.4 Å². The van der Waals surface area contributed by atoms with E-state index in [-0.39, 0.29) is 36.9 Å². The standard InChI is InChI=1S/C14H21NO3/c1-3-9-18-13(16)10-11(2)15-14(17)12-7-5-4-6-8-12/h1,11-12H,4-10H2,2H3,(H,15,17)/t11-/m0/s1. The van der Waals surface area contributed by atoms with E-state index in [9.17, 15) is 9.59 Å². The van der Waals surface area contributed by atoms with Crippen LogP contribution in [-0.4, -0.2) is 24.5 Å². The van der Waals surface area contributed by atoms with Gasteiger partial charge in [-0.1, -0.05) is 25.2 Å². The maximum Gasteiger partial charge on any atom is 0.308 e. The minimum atomic E-state index is -0.371. The van der Waals surface area contributed by atoms with Crippen molar-refractivity contribution in [3.05, 3.63) is 0 Å². The largest absolute Gasteiger partial charge is 0.452 e. The maximum atomic E-state index is 11.9. The van der Waals surface area contributed by atoms with Crippen molar-refractivity contribution in [2.75, 3.05) is 6.61 Å². The van der Waals surface area contributed by atoms with Gasteiger partial charge in [-0.15, -0.1) is 6.42 Å². The highest BCUT2D eigenvalue weighted by molar-refractivity contribution is 5.80. The zero-order chi connectivity index (χ0) is 13.4. The van der Waals surface area contributed by atoms with Crippen molar-refractivity contribution in [1.82, 2.24) is 5.32 Å². The molecule has 0 aromatic heterocycles. The van der Waals surface area contributed by atoms with Gasteiger partial charge in [0, 0.05) is 12.0 Å². The number of carbonyl (C=O) groups excluding carboxylic acids is 2. The lowest BCUT2D eigenvalue weighted by molar-refractivity contribution is -0.142. The molecule has 0 aliphatic heterocycles. The van der Waals surface area contributed by atoms with E-state index in [0.717, 1.165) is 25.7 Å². The molecule has 0 spiro atoms. The number of terminal acetylenes is 1. The molecule has 0 aromatic rings. The van der Waals surface area contributed by atoms with Crippen molar-refractivity contribution >= 4 is 11.9 Å². The van der Waals surface area contributed by atoms with E-state index in [1.54, 1.807) is 6.92 Å². The Hall–Kier alpha value is -1.50. The summed E-state index contributed by atoms with van der Waals surface area (Å²) >= 11 is 0. The molecular weight excluding hydrogens is 230 g/mol. The monoisotopic (exact) mass is 251 g/mol. The molecule has 0 heterocycles. The van der Waals surface area contributed by atoms with Crippen molar-refractivity contribution in [2.24, 2.45) is 5.92 Å². The highest BCUT2D eigenvalue weighted by Gasteiger charge is 2.22. The first-order valence-electron chi connectivity index (χ1n) is 6.53. The normalized spacial score (nSPS) is 17.6. The molecule has 4 nitrogen and oxygen atoms in total. The summed E-state index contributed by atoms with van der Waals surface area (Å²) in [6, 6.07) is -0.204. The van der Waals surface area contributed by atoms with Gasteiger partial charge in [0.1, 0.15) is 0 Å². The molecule has 0 aromatic carbocycles. The number of hydrogen-bond acceptors (Lipinski definition) is 3. The van der Waals surface area contributed by atoms with Crippen LogP contribution in [0.3, 0.4) is 0 Å². The summed E-state index contributed by atoms with van der Waals surface area (Å²) in [5.74, 6) is 2.04. The van der Waals surface area contributed by atoms with Crippen LogP contribution in [0.5, 0.6) is 0 Å². The lowest BCUT2D eigenvalue weighted by Crippen LogP contribution is -2.39. The molecule has 1 aliphatic carbocycles. The third-order valence-electron chi connectivity index (χ3n) is 3.15. The fraction of sp³-hybridized carbons (Fsp3) is 0.714. The third-order valence-corrected chi connectivity index (χ3v) is 3.15. The molecule has 1 aliphatic rings. The van der Waals surface area contributed by atoms with E-state index in [0.29, 0.717) is 0 Å². The van der Waals surface area contributed by atoms with Crippen LogP contribution in [0.25, 0.3) is 0 Å². The summed E-state index contributed by atoms with van der Waals surface area (Å²) in [5, 5.41) is 2.87. The molecule has 1 atom stereocenters. The van der Waals surface area contributed by atoms with Crippen LogP contribution in [0.15, 0.2) is 0 Å². The average molecular weight is 251 g/mol. The summed E-state index contributed by atoms with van der Waals surface area (Å²) in [6.45, 7) is 1.79. The van der Waals surface area contributed by atoms with Crippen LogP contribution in [0, 0.1) is 18.3 Å². The molecule has 1 saturated carbocycles. The average Bonchev–Trinajstić information content (AvgIpc) is 2.37. The number of esters is 1. The van der Waals surface area contributed by atoms with Crippen LogP contribution >= 0.6 is 0 Å². The summed E-state index contributed by atoms with van der Waals surface area (Å²) in [5.41, 5.74) is 0. The fourth-order valence-corrected chi connectivity index (χ4v) is 2.21. The molecule has 0 unspecified atom stereocenters. The summed E-state index contributed by atoms with van der Waals surface area (Å²) < 4.78 is 4.76. The molecule has 18 heavy (non-hydrogen) atoms. The van der Waals surface area contributed by atoms with Gasteiger partial charge >= 0.3 is 5.97 Å². The fourth-order valence-electron chi connectivity index (χ4n) is 2.21. The van der Waals surface area contributed by atoms with Gasteiger partial charge in [-0.25, -0.2) is 0 Å². The zero-order valence-corrected chi connectivity index (χ0v) is 10.9. The molecule has 4 heteroatoms. The van der Waals surface area contributed by atoms with E-state index in [1.165, 1.54) is 6.42 Å². The second-order valence-corrected chi connectivity index (χ2v) is 4.81. The predicted octanol–water partition coefficient (Wildman–Crippen LogP) is 1.64. The van der Waals surface area contributed by atoms with Crippen molar-refractivity contribution in [2.45, 2.75) is 51.5 Å². The minimum Gasteiger partial charge on any atom is -0.452 e. The summed E-state index contributed by atoms with van der Waals surface area (Å²) in [7, 11) is 0. The van der Waals surface area contributed by atoms with Crippen LogP contribution in [-0.2, 0) is 14.3 Å². The first-order valence-corrected chi connectivity index (χ1v) is 6.53. The lowest BCUT2D eigenvalue weighted by atomic mass is 9.88. The zero-order valence-electron chi connectivity index (χ0n) is 10.9. The van der Waals surface area contributed by atoms with Gasteiger partial charge in [0.05, 0.1) is 6.42 Å². The molecule has 1 fully saturated rings. The quantitative estimate of drug-likeness (QED) is 0.597. The minimum absolute atomic E-state index is 0.0118. The van der Waals surface area contributed by atoms with Crippen molar-refractivity contribution in [1.29, 1.82) is 0 Å². The Bertz CT molecular complexity index is 326. The Morgan fingerprint density at radius 1 is 1.39 bits per heavy atom. The second kappa shape index (κ2) is 7.75. The summed E-state index contributed by atoms with van der Waals surface area (Å²) in [4.78, 5) is 23.2. The number of rotatable bonds is 5. The van der Waals surface area contributed by atoms with Gasteiger partial charge in [-0.05, 0) is 19.8 Å². The van der Waals surface area contributed by atoms with E-state index in [4.69, 9.17) is 11.2 Å². The van der Waals surface area contributed by atoms with Crippen molar-refractivity contribution in [3.63, 3.8) is 0 Å². The van der Waals surface area contributed by atoms with Crippen LogP contribution in [0.1, 0.15) is 45.4 Å². The number of hydrogen-bond donors (Lipinski definition) is 1. The number of carbonyl (C=O) groups is 2. The van der Waals surface area contributed by atoms with Crippen molar-refractivity contribution < 1.29 is 14.3 Å². The highest BCUT2D eigenvalue weighted by Crippen LogP contribution is 2.23. The van der Waals surface area contributed by atoms with E-state index in [2.05, 4.69) is 11.2 Å². The summed E-state index contributed by atoms with van der Waals surface area (Å²) in [6.07, 6.45) is 10.5. The van der Waals surface area contributed by atoms with Crippen LogP contribution < -0.4 is 5.32 Å². The van der Waals surface area contributed by atoms with E-state index >= 15 is 0 Å². The van der Waals surface area contributed by atoms with Crippen LogP contribution in [0.4, 0.5) is 0 Å². The van der Waals surface area contributed by atoms with Gasteiger partial charge < -0.3 is 10.1 Å². The molecule has 1 rings (SSSR count). The Labute approximate surface area is 108 Å². The maximum absolute atomic E-state index is 11.9. The molecule has 100 valence electrons. The Kier molecular flexibility index (Phi) is 6.27. The number of amides is 1. The Morgan fingerprint density at radius 3 is 2.67 bits per heavy atom. The molecule has 0 radical (unpaired) electrons.